The van der Waals surface area contributed by atoms with Gasteiger partial charge in [-0.25, -0.2) is 0 Å². The maximum Gasteiger partial charge on any atom is 0.242 e. The average molecular weight is 461 g/mol. The molecule has 0 aliphatic rings. The molecule has 0 unspecified atom stereocenters. The summed E-state index contributed by atoms with van der Waals surface area (Å²) in [7, 11) is 1.61. The molecule has 0 saturated carbocycles. The van der Waals surface area contributed by atoms with Gasteiger partial charge in [0.25, 0.3) is 0 Å². The van der Waals surface area contributed by atoms with Crippen LogP contribution in [0.15, 0.2) is 48.5 Å². The van der Waals surface area contributed by atoms with Crippen molar-refractivity contribution in [2.24, 2.45) is 5.92 Å². The zero-order valence-electron chi connectivity index (χ0n) is 19.3. The molecular formula is C25H33ClN2O4. The van der Waals surface area contributed by atoms with E-state index in [0.29, 0.717) is 37.1 Å². The maximum atomic E-state index is 13.1. The molecule has 174 valence electrons. The first kappa shape index (κ1) is 25.5. The lowest BCUT2D eigenvalue weighted by molar-refractivity contribution is -0.140. The van der Waals surface area contributed by atoms with E-state index < -0.39 is 6.04 Å². The number of nitrogens with zero attached hydrogens (tertiary/aromatic N) is 1. The highest BCUT2D eigenvalue weighted by Gasteiger charge is 2.26. The van der Waals surface area contributed by atoms with Crippen molar-refractivity contribution in [2.45, 2.75) is 46.2 Å². The third-order valence-electron chi connectivity index (χ3n) is 4.96. The fourth-order valence-electron chi connectivity index (χ4n) is 3.10. The quantitative estimate of drug-likeness (QED) is 0.466. The van der Waals surface area contributed by atoms with Gasteiger partial charge >= 0.3 is 0 Å². The molecule has 0 spiro atoms. The highest BCUT2D eigenvalue weighted by molar-refractivity contribution is 6.30. The molecule has 0 bridgehead atoms. The molecule has 0 aliphatic heterocycles. The van der Waals surface area contributed by atoms with Gasteiger partial charge in [0, 0.05) is 24.5 Å². The van der Waals surface area contributed by atoms with Crippen molar-refractivity contribution < 1.29 is 19.1 Å². The van der Waals surface area contributed by atoms with Gasteiger partial charge in [-0.3, -0.25) is 9.59 Å². The molecule has 7 heteroatoms. The Morgan fingerprint density at radius 3 is 2.38 bits per heavy atom. The van der Waals surface area contributed by atoms with Gasteiger partial charge in [-0.05, 0) is 61.2 Å². The van der Waals surface area contributed by atoms with Crippen LogP contribution in [0.2, 0.25) is 5.02 Å². The number of carbonyl (C=O) groups is 2. The Morgan fingerprint density at radius 2 is 1.75 bits per heavy atom. The minimum atomic E-state index is -0.595. The topological polar surface area (TPSA) is 67.9 Å². The maximum absolute atomic E-state index is 13.1. The van der Waals surface area contributed by atoms with E-state index in [1.165, 1.54) is 0 Å². The first-order chi connectivity index (χ1) is 15.3. The second-order valence-electron chi connectivity index (χ2n) is 8.09. The summed E-state index contributed by atoms with van der Waals surface area (Å²) in [6, 6.07) is 14.0. The highest BCUT2D eigenvalue weighted by Crippen LogP contribution is 2.18. The number of halogens is 1. The molecule has 2 amide bonds. The predicted molar refractivity (Wildman–Crippen MR) is 127 cm³/mol. The molecular weight excluding hydrogens is 428 g/mol. The molecule has 6 nitrogen and oxygen atoms in total. The summed E-state index contributed by atoms with van der Waals surface area (Å²) in [4.78, 5) is 27.3. The summed E-state index contributed by atoms with van der Waals surface area (Å²) in [5.41, 5.74) is 0.879. The standard InChI is InChI=1S/C25H33ClN2O4/c1-18(2)16-27-25(30)19(3)28(17-20-7-5-8-21(26)15-20)24(29)9-6-14-32-23-12-10-22(31-4)11-13-23/h5,7-8,10-13,15,18-19H,6,9,14,16-17H2,1-4H3,(H,27,30)/t19-/m0/s1. The number of nitrogens with one attached hydrogen (secondary N) is 1. The van der Waals surface area contributed by atoms with Gasteiger partial charge in [-0.1, -0.05) is 37.6 Å². The number of amides is 2. The van der Waals surface area contributed by atoms with Crippen LogP contribution in [0.4, 0.5) is 0 Å². The first-order valence-electron chi connectivity index (χ1n) is 10.9. The Kier molecular flexibility index (Phi) is 10.3. The summed E-state index contributed by atoms with van der Waals surface area (Å²) >= 11 is 6.11. The molecule has 0 saturated heterocycles. The van der Waals surface area contributed by atoms with Crippen molar-refractivity contribution >= 4 is 23.4 Å². The van der Waals surface area contributed by atoms with Gasteiger partial charge in [-0.15, -0.1) is 0 Å². The molecule has 2 aromatic carbocycles. The normalized spacial score (nSPS) is 11.7. The first-order valence-corrected chi connectivity index (χ1v) is 11.3. The van der Waals surface area contributed by atoms with Crippen molar-refractivity contribution in [1.29, 1.82) is 0 Å². The summed E-state index contributed by atoms with van der Waals surface area (Å²) < 4.78 is 10.9. The number of carbonyl (C=O) groups excluding carboxylic acids is 2. The third-order valence-corrected chi connectivity index (χ3v) is 5.19. The van der Waals surface area contributed by atoms with Gasteiger partial charge < -0.3 is 19.7 Å². The molecule has 2 rings (SSSR count). The number of ether oxygens (including phenoxy) is 2. The molecule has 0 fully saturated rings. The lowest BCUT2D eigenvalue weighted by Crippen LogP contribution is -2.48. The number of rotatable bonds is 12. The van der Waals surface area contributed by atoms with E-state index in [4.69, 9.17) is 21.1 Å². The Balaban J connectivity index is 1.97. The van der Waals surface area contributed by atoms with Crippen LogP contribution in [0.5, 0.6) is 11.5 Å². The SMILES string of the molecule is COc1ccc(OCCCC(=O)N(Cc2cccc(Cl)c2)[C@@H](C)C(=O)NCC(C)C)cc1. The molecule has 1 N–H and O–H groups in total. The van der Waals surface area contributed by atoms with Gasteiger partial charge in [0.15, 0.2) is 0 Å². The van der Waals surface area contributed by atoms with Crippen LogP contribution in [-0.4, -0.2) is 43.0 Å². The van der Waals surface area contributed by atoms with Crippen molar-refractivity contribution in [1.82, 2.24) is 10.2 Å². The van der Waals surface area contributed by atoms with Crippen molar-refractivity contribution in [3.05, 3.63) is 59.1 Å². The molecule has 0 aliphatic carbocycles. The fourth-order valence-corrected chi connectivity index (χ4v) is 3.31. The Morgan fingerprint density at radius 1 is 1.06 bits per heavy atom. The third kappa shape index (κ3) is 8.42. The van der Waals surface area contributed by atoms with Crippen LogP contribution >= 0.6 is 11.6 Å². The summed E-state index contributed by atoms with van der Waals surface area (Å²) in [5, 5.41) is 3.52. The molecule has 0 aromatic heterocycles. The lowest BCUT2D eigenvalue weighted by Gasteiger charge is -2.29. The number of hydrogen-bond donors (Lipinski definition) is 1. The van der Waals surface area contributed by atoms with E-state index in [1.807, 2.05) is 56.3 Å². The van der Waals surface area contributed by atoms with Gasteiger partial charge in [0.05, 0.1) is 13.7 Å². The lowest BCUT2D eigenvalue weighted by atomic mass is 10.1. The van der Waals surface area contributed by atoms with Gasteiger partial charge in [-0.2, -0.15) is 0 Å². The van der Waals surface area contributed by atoms with Crippen LogP contribution in [0, 0.1) is 5.92 Å². The van der Waals surface area contributed by atoms with E-state index in [-0.39, 0.29) is 18.2 Å². The van der Waals surface area contributed by atoms with Crippen molar-refractivity contribution in [3.63, 3.8) is 0 Å². The van der Waals surface area contributed by atoms with Crippen LogP contribution < -0.4 is 14.8 Å². The van der Waals surface area contributed by atoms with Crippen LogP contribution in [0.1, 0.15) is 39.2 Å². The van der Waals surface area contributed by atoms with E-state index in [9.17, 15) is 9.59 Å². The molecule has 0 heterocycles. The van der Waals surface area contributed by atoms with Gasteiger partial charge in [0.2, 0.25) is 11.8 Å². The number of hydrogen-bond acceptors (Lipinski definition) is 4. The molecule has 0 radical (unpaired) electrons. The minimum absolute atomic E-state index is 0.101. The van der Waals surface area contributed by atoms with E-state index in [0.717, 1.165) is 17.1 Å². The summed E-state index contributed by atoms with van der Waals surface area (Å²) in [5.74, 6) is 1.54. The monoisotopic (exact) mass is 460 g/mol. The highest BCUT2D eigenvalue weighted by atomic mass is 35.5. The van der Waals surface area contributed by atoms with Crippen LogP contribution in [0.25, 0.3) is 0 Å². The second-order valence-corrected chi connectivity index (χ2v) is 8.53. The fraction of sp³-hybridized carbons (Fsp3) is 0.440. The van der Waals surface area contributed by atoms with E-state index in [2.05, 4.69) is 5.32 Å². The van der Waals surface area contributed by atoms with E-state index in [1.54, 1.807) is 25.0 Å². The zero-order chi connectivity index (χ0) is 23.5. The Labute approximate surface area is 195 Å². The smallest absolute Gasteiger partial charge is 0.242 e. The Bertz CT molecular complexity index is 871. The predicted octanol–water partition coefficient (Wildman–Crippen LogP) is 4.70. The number of benzene rings is 2. The minimum Gasteiger partial charge on any atom is -0.497 e. The van der Waals surface area contributed by atoms with Crippen molar-refractivity contribution in [3.8, 4) is 11.5 Å². The largest absolute Gasteiger partial charge is 0.497 e. The zero-order valence-corrected chi connectivity index (χ0v) is 20.0. The van der Waals surface area contributed by atoms with Crippen molar-refractivity contribution in [2.75, 3.05) is 20.3 Å². The number of methoxy groups -OCH3 is 1. The van der Waals surface area contributed by atoms with E-state index >= 15 is 0 Å². The molecule has 2 aromatic rings. The Hall–Kier alpha value is -2.73. The van der Waals surface area contributed by atoms with Crippen LogP contribution in [0.3, 0.4) is 0 Å². The van der Waals surface area contributed by atoms with Gasteiger partial charge in [0.1, 0.15) is 17.5 Å². The molecule has 32 heavy (non-hydrogen) atoms. The average Bonchev–Trinajstić information content (AvgIpc) is 2.78. The summed E-state index contributed by atoms with van der Waals surface area (Å²) in [6.07, 6.45) is 0.815. The molecule has 1 atom stereocenters. The summed E-state index contributed by atoms with van der Waals surface area (Å²) in [6.45, 7) is 7.10. The second kappa shape index (κ2) is 13.0. The van der Waals surface area contributed by atoms with Crippen LogP contribution in [-0.2, 0) is 16.1 Å².